The van der Waals surface area contributed by atoms with Crippen molar-refractivity contribution in [2.24, 2.45) is 11.5 Å². The number of carboxylic acid groups (broad SMARTS) is 1. The maximum atomic E-state index is 12.3. The van der Waals surface area contributed by atoms with Crippen molar-refractivity contribution in [3.8, 4) is 0 Å². The zero-order valence-corrected chi connectivity index (χ0v) is 16.2. The number of hydrogen-bond acceptors (Lipinski definition) is 9. The summed E-state index contributed by atoms with van der Waals surface area (Å²) in [7, 11) is 0. The molecular weight excluding hydrogens is 394 g/mol. The molecule has 0 saturated heterocycles. The zero-order valence-electron chi connectivity index (χ0n) is 15.3. The molecule has 0 aromatic rings. The van der Waals surface area contributed by atoms with Gasteiger partial charge in [0.05, 0.1) is 13.2 Å². The van der Waals surface area contributed by atoms with Crippen molar-refractivity contribution in [3.63, 3.8) is 0 Å². The number of amides is 3. The van der Waals surface area contributed by atoms with Gasteiger partial charge in [0.15, 0.2) is 0 Å². The summed E-state index contributed by atoms with van der Waals surface area (Å²) in [4.78, 5) is 47.4. The van der Waals surface area contributed by atoms with E-state index in [0.717, 1.165) is 0 Å². The van der Waals surface area contributed by atoms with Crippen LogP contribution in [-0.4, -0.2) is 88.7 Å². The van der Waals surface area contributed by atoms with Crippen molar-refractivity contribution in [1.82, 2.24) is 16.0 Å². The number of rotatable bonds is 14. The SMILES string of the molecule is NCCCCC(NC(=O)C(CS)NC(=O)C(CO)NC(=O)C(N)CO)C(=O)O. The Labute approximate surface area is 167 Å². The van der Waals surface area contributed by atoms with Crippen LogP contribution >= 0.6 is 12.6 Å². The number of thiol groups is 1. The van der Waals surface area contributed by atoms with Gasteiger partial charge in [-0.25, -0.2) is 4.79 Å². The van der Waals surface area contributed by atoms with Crippen molar-refractivity contribution in [2.75, 3.05) is 25.5 Å². The number of carbonyl (C=O) groups is 4. The van der Waals surface area contributed by atoms with Crippen LogP contribution in [0.25, 0.3) is 0 Å². The summed E-state index contributed by atoms with van der Waals surface area (Å²) in [5, 5.41) is 34.0. The van der Waals surface area contributed by atoms with Gasteiger partial charge in [0.25, 0.3) is 0 Å². The van der Waals surface area contributed by atoms with Crippen molar-refractivity contribution in [3.05, 3.63) is 0 Å². The van der Waals surface area contributed by atoms with Crippen LogP contribution in [0.3, 0.4) is 0 Å². The number of aliphatic carboxylic acids is 1. The van der Waals surface area contributed by atoms with Crippen LogP contribution in [0.5, 0.6) is 0 Å². The third-order valence-electron chi connectivity index (χ3n) is 3.73. The molecule has 0 aromatic carbocycles. The van der Waals surface area contributed by atoms with Gasteiger partial charge < -0.3 is 42.7 Å². The predicted octanol–water partition coefficient (Wildman–Crippen LogP) is -4.10. The molecular formula is C15H29N5O7S. The van der Waals surface area contributed by atoms with Crippen LogP contribution in [0.15, 0.2) is 0 Å². The molecule has 0 saturated carbocycles. The fourth-order valence-corrected chi connectivity index (χ4v) is 2.30. The van der Waals surface area contributed by atoms with E-state index in [9.17, 15) is 29.4 Å². The Bertz CT molecular complexity index is 537. The molecule has 0 rings (SSSR count). The zero-order chi connectivity index (χ0) is 21.7. The van der Waals surface area contributed by atoms with Crippen LogP contribution in [-0.2, 0) is 19.2 Å². The topological polar surface area (TPSA) is 217 Å². The minimum atomic E-state index is -1.42. The van der Waals surface area contributed by atoms with E-state index in [4.69, 9.17) is 16.6 Å². The summed E-state index contributed by atoms with van der Waals surface area (Å²) in [6.07, 6.45) is 1.26. The molecule has 0 spiro atoms. The quantitative estimate of drug-likeness (QED) is 0.0978. The monoisotopic (exact) mass is 423 g/mol. The van der Waals surface area contributed by atoms with E-state index in [1.54, 1.807) is 0 Å². The Morgan fingerprint density at radius 1 is 0.857 bits per heavy atom. The molecule has 13 heteroatoms. The van der Waals surface area contributed by atoms with Gasteiger partial charge in [-0.05, 0) is 25.8 Å². The summed E-state index contributed by atoms with van der Waals surface area (Å²) >= 11 is 3.96. The van der Waals surface area contributed by atoms with Crippen molar-refractivity contribution >= 4 is 36.3 Å². The Kier molecular flexibility index (Phi) is 13.1. The molecule has 28 heavy (non-hydrogen) atoms. The molecule has 4 unspecified atom stereocenters. The van der Waals surface area contributed by atoms with E-state index in [1.165, 1.54) is 0 Å². The molecule has 3 amide bonds. The fourth-order valence-electron chi connectivity index (χ4n) is 2.04. The highest BCUT2D eigenvalue weighted by Gasteiger charge is 2.29. The molecule has 0 fully saturated rings. The summed E-state index contributed by atoms with van der Waals surface area (Å²) in [5.74, 6) is -3.93. The second-order valence-corrected chi connectivity index (χ2v) is 6.33. The van der Waals surface area contributed by atoms with E-state index in [1.807, 2.05) is 0 Å². The minimum Gasteiger partial charge on any atom is -0.480 e. The van der Waals surface area contributed by atoms with Crippen molar-refractivity contribution in [1.29, 1.82) is 0 Å². The smallest absolute Gasteiger partial charge is 0.326 e. The van der Waals surface area contributed by atoms with Gasteiger partial charge in [0, 0.05) is 5.75 Å². The lowest BCUT2D eigenvalue weighted by atomic mass is 10.1. The molecule has 0 aliphatic heterocycles. The average Bonchev–Trinajstić information content (AvgIpc) is 2.67. The molecule has 12 nitrogen and oxygen atoms in total. The lowest BCUT2D eigenvalue weighted by molar-refractivity contribution is -0.142. The lowest BCUT2D eigenvalue weighted by Gasteiger charge is -2.23. The Balaban J connectivity index is 4.89. The largest absolute Gasteiger partial charge is 0.480 e. The van der Waals surface area contributed by atoms with Crippen molar-refractivity contribution < 1.29 is 34.5 Å². The highest BCUT2D eigenvalue weighted by atomic mass is 32.1. The van der Waals surface area contributed by atoms with Gasteiger partial charge >= 0.3 is 5.97 Å². The van der Waals surface area contributed by atoms with Crippen molar-refractivity contribution in [2.45, 2.75) is 43.4 Å². The maximum Gasteiger partial charge on any atom is 0.326 e. The molecule has 0 bridgehead atoms. The van der Waals surface area contributed by atoms with E-state index in [0.29, 0.717) is 19.4 Å². The number of nitrogens with one attached hydrogen (secondary N) is 3. The molecule has 0 aromatic heterocycles. The molecule has 0 radical (unpaired) electrons. The molecule has 162 valence electrons. The first-order valence-electron chi connectivity index (χ1n) is 8.63. The third-order valence-corrected chi connectivity index (χ3v) is 4.09. The number of unbranched alkanes of at least 4 members (excludes halogenated alkanes) is 1. The van der Waals surface area contributed by atoms with Gasteiger partial charge in [-0.15, -0.1) is 0 Å². The number of carbonyl (C=O) groups excluding carboxylic acids is 3. The molecule has 0 heterocycles. The number of carboxylic acids is 1. The molecule has 10 N–H and O–H groups in total. The first-order valence-corrected chi connectivity index (χ1v) is 9.27. The third kappa shape index (κ3) is 9.32. The van der Waals surface area contributed by atoms with Gasteiger partial charge in [-0.2, -0.15) is 12.6 Å². The predicted molar refractivity (Wildman–Crippen MR) is 102 cm³/mol. The highest BCUT2D eigenvalue weighted by Crippen LogP contribution is 2.02. The number of hydrogen-bond donors (Lipinski definition) is 9. The van der Waals surface area contributed by atoms with E-state index < -0.39 is 61.1 Å². The van der Waals surface area contributed by atoms with Crippen LogP contribution in [0.2, 0.25) is 0 Å². The first kappa shape index (κ1) is 26.1. The average molecular weight is 423 g/mol. The normalized spacial score (nSPS) is 15.0. The molecule has 4 atom stereocenters. The van der Waals surface area contributed by atoms with Gasteiger partial charge in [0.1, 0.15) is 24.2 Å². The first-order chi connectivity index (χ1) is 13.2. The molecule has 0 aliphatic carbocycles. The highest BCUT2D eigenvalue weighted by molar-refractivity contribution is 7.80. The Hall–Kier alpha value is -1.93. The standard InChI is InChI=1S/C15H29N5O7S/c16-4-2-1-3-9(15(26)27)18-14(25)11(7-28)20-13(24)10(6-22)19-12(23)8(17)5-21/h8-11,21-22,28H,1-7,16-17H2,(H,18,25)(H,19,23)(H,20,24)(H,26,27). The van der Waals surface area contributed by atoms with Crippen LogP contribution in [0.1, 0.15) is 19.3 Å². The number of nitrogens with two attached hydrogens (primary N) is 2. The summed E-state index contributed by atoms with van der Waals surface area (Å²) in [6, 6.07) is -5.06. The lowest BCUT2D eigenvalue weighted by Crippen LogP contribution is -2.58. The minimum absolute atomic E-state index is 0.158. The molecule has 0 aliphatic rings. The Morgan fingerprint density at radius 2 is 1.39 bits per heavy atom. The van der Waals surface area contributed by atoms with E-state index in [2.05, 4.69) is 28.6 Å². The summed E-state index contributed by atoms with van der Waals surface area (Å²) in [6.45, 7) is -1.05. The maximum absolute atomic E-state index is 12.3. The second-order valence-electron chi connectivity index (χ2n) is 5.96. The fraction of sp³-hybridized carbons (Fsp3) is 0.733. The van der Waals surface area contributed by atoms with Crippen LogP contribution in [0, 0.1) is 0 Å². The van der Waals surface area contributed by atoms with Gasteiger partial charge in [0.2, 0.25) is 17.7 Å². The Morgan fingerprint density at radius 3 is 1.86 bits per heavy atom. The van der Waals surface area contributed by atoms with E-state index in [-0.39, 0.29) is 12.2 Å². The van der Waals surface area contributed by atoms with Gasteiger partial charge in [-0.1, -0.05) is 0 Å². The second kappa shape index (κ2) is 14.1. The number of aliphatic hydroxyl groups is 2. The summed E-state index contributed by atoms with van der Waals surface area (Å²) in [5.41, 5.74) is 10.7. The number of aliphatic hydroxyl groups excluding tert-OH is 2. The van der Waals surface area contributed by atoms with E-state index >= 15 is 0 Å². The van der Waals surface area contributed by atoms with Crippen LogP contribution in [0.4, 0.5) is 0 Å². The van der Waals surface area contributed by atoms with Gasteiger partial charge in [-0.3, -0.25) is 14.4 Å². The van der Waals surface area contributed by atoms with Crippen LogP contribution < -0.4 is 27.4 Å². The summed E-state index contributed by atoms with van der Waals surface area (Å²) < 4.78 is 0.